The standard InChI is InChI=1S/C32H37FN6O3/c33-23-7-10-27(26(14-23)25-2-1-12-35-29(25)22-5-6-22)42-28-15-34-20-36-30(28)39-18-32(19-39)16-38(17-32)13-11-21-3-8-24(9-4-21)37-31(40)41/h1-2,7,10,12,14-15,20-22,24,37H,3-6,8-9,11,13,16-19H2,(H,40,41). The molecule has 3 aromatic rings. The Morgan fingerprint density at radius 2 is 1.83 bits per heavy atom. The quantitative estimate of drug-likeness (QED) is 0.337. The number of hydrogen-bond acceptors (Lipinski definition) is 7. The summed E-state index contributed by atoms with van der Waals surface area (Å²) in [6, 6.07) is 8.64. The van der Waals surface area contributed by atoms with Crippen LogP contribution in [-0.2, 0) is 0 Å². The second-order valence-corrected chi connectivity index (χ2v) is 12.7. The number of carboxylic acid groups (broad SMARTS) is 1. The lowest BCUT2D eigenvalue weighted by Crippen LogP contribution is -2.72. The van der Waals surface area contributed by atoms with Gasteiger partial charge in [0.25, 0.3) is 0 Å². The molecule has 1 spiro atoms. The molecule has 0 bridgehead atoms. The van der Waals surface area contributed by atoms with Gasteiger partial charge in [-0.15, -0.1) is 0 Å². The van der Waals surface area contributed by atoms with E-state index in [1.807, 2.05) is 12.1 Å². The second-order valence-electron chi connectivity index (χ2n) is 12.7. The minimum Gasteiger partial charge on any atom is -0.465 e. The molecule has 0 unspecified atom stereocenters. The van der Waals surface area contributed by atoms with Crippen molar-refractivity contribution in [3.63, 3.8) is 0 Å². The number of halogens is 1. The molecule has 2 N–H and O–H groups in total. The average molecular weight is 573 g/mol. The zero-order chi connectivity index (χ0) is 28.7. The fourth-order valence-corrected chi connectivity index (χ4v) is 7.18. The topological polar surface area (TPSA) is 104 Å². The van der Waals surface area contributed by atoms with Crippen LogP contribution >= 0.6 is 0 Å². The van der Waals surface area contributed by atoms with E-state index in [9.17, 15) is 9.18 Å². The van der Waals surface area contributed by atoms with Gasteiger partial charge >= 0.3 is 6.09 Å². The molecule has 0 atom stereocenters. The Bertz CT molecular complexity index is 1440. The van der Waals surface area contributed by atoms with Crippen LogP contribution in [0.2, 0.25) is 0 Å². The van der Waals surface area contributed by atoms with Crippen LogP contribution < -0.4 is 15.0 Å². The first-order chi connectivity index (χ1) is 20.4. The number of nitrogens with one attached hydrogen (secondary N) is 1. The maximum atomic E-state index is 14.4. The monoisotopic (exact) mass is 572 g/mol. The van der Waals surface area contributed by atoms with Crippen LogP contribution in [0.5, 0.6) is 11.5 Å². The number of benzene rings is 1. The molecule has 1 amide bonds. The number of pyridine rings is 1. The highest BCUT2D eigenvalue weighted by Crippen LogP contribution is 2.47. The Morgan fingerprint density at radius 3 is 2.60 bits per heavy atom. The lowest BCUT2D eigenvalue weighted by Gasteiger charge is -2.61. The van der Waals surface area contributed by atoms with E-state index in [1.54, 1.807) is 24.8 Å². The normalized spacial score (nSPS) is 23.2. The molecular formula is C32H37FN6O3. The maximum absolute atomic E-state index is 14.4. The van der Waals surface area contributed by atoms with Crippen LogP contribution in [0.15, 0.2) is 49.1 Å². The Labute approximate surface area is 245 Å². The Kier molecular flexibility index (Phi) is 7.17. The third-order valence-electron chi connectivity index (χ3n) is 9.41. The summed E-state index contributed by atoms with van der Waals surface area (Å²) in [5.74, 6) is 2.71. The fraction of sp³-hybridized carbons (Fsp3) is 0.500. The summed E-state index contributed by atoms with van der Waals surface area (Å²) in [7, 11) is 0. The first-order valence-electron chi connectivity index (χ1n) is 15.1. The Morgan fingerprint density at radius 1 is 1.02 bits per heavy atom. The molecule has 4 heterocycles. The number of ether oxygens (including phenoxy) is 1. The van der Waals surface area contributed by atoms with Crippen LogP contribution in [0.25, 0.3) is 11.1 Å². The van der Waals surface area contributed by atoms with Gasteiger partial charge in [-0.3, -0.25) is 4.98 Å². The van der Waals surface area contributed by atoms with Gasteiger partial charge in [0.2, 0.25) is 0 Å². The minimum atomic E-state index is -0.910. The third kappa shape index (κ3) is 5.64. The van der Waals surface area contributed by atoms with E-state index < -0.39 is 6.09 Å². The molecule has 4 fully saturated rings. The molecule has 9 nitrogen and oxygen atoms in total. The van der Waals surface area contributed by atoms with Gasteiger partial charge in [0, 0.05) is 60.9 Å². The molecule has 2 aromatic heterocycles. The van der Waals surface area contributed by atoms with Crippen LogP contribution in [0.3, 0.4) is 0 Å². The summed E-state index contributed by atoms with van der Waals surface area (Å²) in [6.07, 6.45) is 11.6. The molecule has 42 heavy (non-hydrogen) atoms. The second kappa shape index (κ2) is 11.1. The van der Waals surface area contributed by atoms with Crippen LogP contribution in [0, 0.1) is 17.2 Å². The van der Waals surface area contributed by atoms with E-state index in [4.69, 9.17) is 9.84 Å². The van der Waals surface area contributed by atoms with E-state index in [0.717, 1.165) is 88.3 Å². The number of likely N-dealkylation sites (tertiary alicyclic amines) is 1. The lowest BCUT2D eigenvalue weighted by atomic mass is 9.72. The number of carbonyl (C=O) groups is 1. The Hall–Kier alpha value is -3.79. The van der Waals surface area contributed by atoms with Gasteiger partial charge in [-0.25, -0.2) is 19.2 Å². The zero-order valence-electron chi connectivity index (χ0n) is 23.7. The molecule has 2 aliphatic carbocycles. The summed E-state index contributed by atoms with van der Waals surface area (Å²) in [4.78, 5) is 29.1. The molecule has 0 radical (unpaired) electrons. The van der Waals surface area contributed by atoms with Crippen LogP contribution in [-0.4, -0.2) is 69.8 Å². The number of rotatable bonds is 9. The molecule has 1 aromatic carbocycles. The summed E-state index contributed by atoms with van der Waals surface area (Å²) in [5.41, 5.74) is 2.90. The largest absolute Gasteiger partial charge is 0.465 e. The van der Waals surface area contributed by atoms with Gasteiger partial charge < -0.3 is 25.0 Å². The van der Waals surface area contributed by atoms with Crippen molar-refractivity contribution in [3.8, 4) is 22.6 Å². The molecule has 4 aliphatic rings. The molecule has 2 saturated heterocycles. The van der Waals surface area contributed by atoms with E-state index in [2.05, 4.69) is 30.1 Å². The molecular weight excluding hydrogens is 535 g/mol. The van der Waals surface area contributed by atoms with Gasteiger partial charge in [-0.2, -0.15) is 0 Å². The number of anilines is 1. The van der Waals surface area contributed by atoms with E-state index >= 15 is 0 Å². The zero-order valence-corrected chi connectivity index (χ0v) is 23.7. The first kappa shape index (κ1) is 27.1. The number of hydrogen-bond donors (Lipinski definition) is 2. The van der Waals surface area contributed by atoms with Crippen molar-refractivity contribution in [2.45, 2.75) is 56.9 Å². The summed E-state index contributed by atoms with van der Waals surface area (Å²) in [6.45, 7) is 5.14. The van der Waals surface area contributed by atoms with Crippen molar-refractivity contribution in [1.29, 1.82) is 0 Å². The number of amides is 1. The predicted molar refractivity (Wildman–Crippen MR) is 156 cm³/mol. The summed E-state index contributed by atoms with van der Waals surface area (Å²) in [5, 5.41) is 11.6. The van der Waals surface area contributed by atoms with Crippen molar-refractivity contribution >= 4 is 11.9 Å². The fourth-order valence-electron chi connectivity index (χ4n) is 7.18. The van der Waals surface area contributed by atoms with Crippen molar-refractivity contribution in [2.24, 2.45) is 11.3 Å². The summed E-state index contributed by atoms with van der Waals surface area (Å²) >= 11 is 0. The van der Waals surface area contributed by atoms with E-state index in [-0.39, 0.29) is 11.9 Å². The maximum Gasteiger partial charge on any atom is 0.404 e. The molecule has 220 valence electrons. The van der Waals surface area contributed by atoms with Crippen LogP contribution in [0.1, 0.15) is 56.6 Å². The molecule has 2 saturated carbocycles. The van der Waals surface area contributed by atoms with Gasteiger partial charge in [0.05, 0.1) is 11.9 Å². The predicted octanol–water partition coefficient (Wildman–Crippen LogP) is 5.69. The van der Waals surface area contributed by atoms with Gasteiger partial charge in [0.1, 0.15) is 17.9 Å². The van der Waals surface area contributed by atoms with Crippen molar-refractivity contribution < 1.29 is 19.0 Å². The van der Waals surface area contributed by atoms with Gasteiger partial charge in [-0.1, -0.05) is 6.07 Å². The summed E-state index contributed by atoms with van der Waals surface area (Å²) < 4.78 is 20.9. The van der Waals surface area contributed by atoms with E-state index in [1.165, 1.54) is 18.6 Å². The van der Waals surface area contributed by atoms with Crippen molar-refractivity contribution in [3.05, 3.63) is 60.6 Å². The smallest absolute Gasteiger partial charge is 0.404 e. The Balaban J connectivity index is 0.962. The van der Waals surface area contributed by atoms with Crippen LogP contribution in [0.4, 0.5) is 15.0 Å². The highest BCUT2D eigenvalue weighted by molar-refractivity contribution is 5.74. The third-order valence-corrected chi connectivity index (χ3v) is 9.41. The van der Waals surface area contributed by atoms with E-state index in [0.29, 0.717) is 34.3 Å². The lowest BCUT2D eigenvalue weighted by molar-refractivity contribution is -0.0257. The van der Waals surface area contributed by atoms with Gasteiger partial charge in [0.15, 0.2) is 11.6 Å². The first-order valence-corrected chi connectivity index (χ1v) is 15.1. The number of nitrogens with zero attached hydrogens (tertiary/aromatic N) is 5. The minimum absolute atomic E-state index is 0.118. The highest BCUT2D eigenvalue weighted by Gasteiger charge is 2.52. The van der Waals surface area contributed by atoms with Gasteiger partial charge in [-0.05, 0) is 81.7 Å². The SMILES string of the molecule is O=C(O)NC1CCC(CCN2CC3(C2)CN(c2ncncc2Oc2ccc(F)cc2-c2cccnc2C2CC2)C3)CC1. The van der Waals surface area contributed by atoms with Crippen molar-refractivity contribution in [2.75, 3.05) is 37.6 Å². The number of aromatic nitrogens is 3. The molecule has 7 rings (SSSR count). The van der Waals surface area contributed by atoms with Crippen molar-refractivity contribution in [1.82, 2.24) is 25.2 Å². The molecule has 10 heteroatoms. The highest BCUT2D eigenvalue weighted by atomic mass is 19.1. The average Bonchev–Trinajstić information content (AvgIpc) is 3.79. The molecule has 2 aliphatic heterocycles.